The summed E-state index contributed by atoms with van der Waals surface area (Å²) in [6.45, 7) is 3.13. The van der Waals surface area contributed by atoms with Crippen molar-refractivity contribution in [2.24, 2.45) is 13.0 Å². The maximum absolute atomic E-state index is 5.44. The summed E-state index contributed by atoms with van der Waals surface area (Å²) in [5.41, 5.74) is 1.18. The highest BCUT2D eigenvalue weighted by Crippen LogP contribution is 2.33. The summed E-state index contributed by atoms with van der Waals surface area (Å²) in [4.78, 5) is 0. The molecule has 0 radical (unpaired) electrons. The third kappa shape index (κ3) is 3.50. The predicted molar refractivity (Wildman–Crippen MR) is 77.4 cm³/mol. The van der Waals surface area contributed by atoms with Gasteiger partial charge in [-0.1, -0.05) is 32.6 Å². The summed E-state index contributed by atoms with van der Waals surface area (Å²) >= 11 is 0. The first-order valence-electron chi connectivity index (χ1n) is 7.55. The second-order valence-corrected chi connectivity index (χ2v) is 5.56. The molecule has 108 valence electrons. The van der Waals surface area contributed by atoms with Crippen LogP contribution < -0.4 is 10.1 Å². The molecule has 1 fully saturated rings. The minimum absolute atomic E-state index is 0.355. The second kappa shape index (κ2) is 6.94. The van der Waals surface area contributed by atoms with Gasteiger partial charge in [0.05, 0.1) is 25.0 Å². The van der Waals surface area contributed by atoms with E-state index >= 15 is 0 Å². The highest BCUT2D eigenvalue weighted by molar-refractivity contribution is 5.28. The molecule has 4 heteroatoms. The summed E-state index contributed by atoms with van der Waals surface area (Å²) in [5, 5.41) is 7.91. The van der Waals surface area contributed by atoms with Crippen LogP contribution >= 0.6 is 0 Å². The van der Waals surface area contributed by atoms with Gasteiger partial charge in [0.25, 0.3) is 0 Å². The molecule has 1 heterocycles. The zero-order chi connectivity index (χ0) is 13.7. The van der Waals surface area contributed by atoms with E-state index in [1.165, 1.54) is 44.2 Å². The Morgan fingerprint density at radius 3 is 2.84 bits per heavy atom. The molecular weight excluding hydrogens is 238 g/mol. The Labute approximate surface area is 116 Å². The first-order chi connectivity index (χ1) is 9.26. The van der Waals surface area contributed by atoms with Crippen molar-refractivity contribution < 1.29 is 4.74 Å². The minimum Gasteiger partial charge on any atom is -0.493 e. The molecule has 2 rings (SSSR count). The standard InChI is InChI=1S/C15H27N3O/c1-4-16-13(10-9-12-7-5-6-8-12)15-14(19-3)11-17-18(15)2/h11-13,16H,4-10H2,1-3H3. The number of nitrogens with zero attached hydrogens (tertiary/aromatic N) is 2. The van der Waals surface area contributed by atoms with Gasteiger partial charge in [-0.3, -0.25) is 4.68 Å². The highest BCUT2D eigenvalue weighted by Gasteiger charge is 2.22. The van der Waals surface area contributed by atoms with Gasteiger partial charge in [-0.05, 0) is 25.3 Å². The molecule has 1 aliphatic rings. The van der Waals surface area contributed by atoms with Gasteiger partial charge in [0.1, 0.15) is 0 Å². The van der Waals surface area contributed by atoms with Gasteiger partial charge in [-0.15, -0.1) is 0 Å². The van der Waals surface area contributed by atoms with Crippen LogP contribution in [0.1, 0.15) is 57.2 Å². The minimum atomic E-state index is 0.355. The fraction of sp³-hybridized carbons (Fsp3) is 0.800. The van der Waals surface area contributed by atoms with E-state index < -0.39 is 0 Å². The van der Waals surface area contributed by atoms with Gasteiger partial charge in [0.2, 0.25) is 0 Å². The van der Waals surface area contributed by atoms with Gasteiger partial charge in [-0.25, -0.2) is 0 Å². The number of aromatic nitrogens is 2. The Bertz CT molecular complexity index is 383. The number of nitrogens with one attached hydrogen (secondary N) is 1. The summed E-state index contributed by atoms with van der Waals surface area (Å²) in [6, 6.07) is 0.355. The SMILES string of the molecule is CCNC(CCC1CCCC1)c1c(OC)cnn1C. The van der Waals surface area contributed by atoms with E-state index in [1.807, 2.05) is 17.9 Å². The van der Waals surface area contributed by atoms with Crippen LogP contribution in [0.5, 0.6) is 5.75 Å². The molecule has 1 saturated carbocycles. The van der Waals surface area contributed by atoms with Gasteiger partial charge in [0.15, 0.2) is 5.75 Å². The molecule has 0 aliphatic heterocycles. The van der Waals surface area contributed by atoms with Crippen molar-refractivity contribution in [2.75, 3.05) is 13.7 Å². The summed E-state index contributed by atoms with van der Waals surface area (Å²) in [6.07, 6.45) is 9.98. The number of ether oxygens (including phenoxy) is 1. The summed E-state index contributed by atoms with van der Waals surface area (Å²) in [7, 11) is 3.72. The smallest absolute Gasteiger partial charge is 0.161 e. The lowest BCUT2D eigenvalue weighted by atomic mass is 9.97. The summed E-state index contributed by atoms with van der Waals surface area (Å²) in [5.74, 6) is 1.83. The van der Waals surface area contributed by atoms with E-state index in [0.717, 1.165) is 18.2 Å². The van der Waals surface area contributed by atoms with Crippen LogP contribution in [0.4, 0.5) is 0 Å². The first-order valence-corrected chi connectivity index (χ1v) is 7.55. The van der Waals surface area contributed by atoms with Crippen LogP contribution in [0.15, 0.2) is 6.20 Å². The van der Waals surface area contributed by atoms with Crippen LogP contribution in [0.25, 0.3) is 0 Å². The van der Waals surface area contributed by atoms with Crippen molar-refractivity contribution in [2.45, 2.75) is 51.5 Å². The third-order valence-electron chi connectivity index (χ3n) is 4.29. The zero-order valence-electron chi connectivity index (χ0n) is 12.5. The maximum atomic E-state index is 5.44. The van der Waals surface area contributed by atoms with Gasteiger partial charge in [0, 0.05) is 7.05 Å². The largest absolute Gasteiger partial charge is 0.493 e. The number of hydrogen-bond donors (Lipinski definition) is 1. The van der Waals surface area contributed by atoms with Crippen molar-refractivity contribution in [3.05, 3.63) is 11.9 Å². The number of aryl methyl sites for hydroxylation is 1. The van der Waals surface area contributed by atoms with Crippen LogP contribution in [0.2, 0.25) is 0 Å². The Kier molecular flexibility index (Phi) is 5.25. The number of rotatable bonds is 7. The topological polar surface area (TPSA) is 39.1 Å². The molecular formula is C15H27N3O. The highest BCUT2D eigenvalue weighted by atomic mass is 16.5. The molecule has 1 aromatic rings. The van der Waals surface area contributed by atoms with Crippen LogP contribution in [0, 0.1) is 5.92 Å². The van der Waals surface area contributed by atoms with Crippen LogP contribution in [-0.2, 0) is 7.05 Å². The molecule has 0 spiro atoms. The molecule has 0 aromatic carbocycles. The van der Waals surface area contributed by atoms with Gasteiger partial charge >= 0.3 is 0 Å². The van der Waals surface area contributed by atoms with Crippen molar-refractivity contribution in [3.63, 3.8) is 0 Å². The normalized spacial score (nSPS) is 17.8. The summed E-state index contributed by atoms with van der Waals surface area (Å²) < 4.78 is 7.39. The molecule has 19 heavy (non-hydrogen) atoms. The fourth-order valence-electron chi connectivity index (χ4n) is 3.26. The average Bonchev–Trinajstić information content (AvgIpc) is 3.04. The molecule has 0 saturated heterocycles. The van der Waals surface area contributed by atoms with Gasteiger partial charge in [-0.2, -0.15) is 5.10 Å². The zero-order valence-corrected chi connectivity index (χ0v) is 12.5. The number of hydrogen-bond acceptors (Lipinski definition) is 3. The molecule has 1 atom stereocenters. The monoisotopic (exact) mass is 265 g/mol. The number of methoxy groups -OCH3 is 1. The first kappa shape index (κ1) is 14.4. The van der Waals surface area contributed by atoms with E-state index in [4.69, 9.17) is 4.74 Å². The lowest BCUT2D eigenvalue weighted by molar-refractivity contribution is 0.371. The third-order valence-corrected chi connectivity index (χ3v) is 4.29. The van der Waals surface area contributed by atoms with E-state index in [1.54, 1.807) is 7.11 Å². The quantitative estimate of drug-likeness (QED) is 0.823. The molecule has 0 amide bonds. The lowest BCUT2D eigenvalue weighted by Gasteiger charge is -2.21. The molecule has 1 unspecified atom stereocenters. The van der Waals surface area contributed by atoms with Crippen molar-refractivity contribution in [1.29, 1.82) is 0 Å². The molecule has 1 N–H and O–H groups in total. The lowest BCUT2D eigenvalue weighted by Crippen LogP contribution is -2.24. The van der Waals surface area contributed by atoms with Crippen LogP contribution in [-0.4, -0.2) is 23.4 Å². The van der Waals surface area contributed by atoms with Gasteiger partial charge < -0.3 is 10.1 Å². The Balaban J connectivity index is 2.03. The van der Waals surface area contributed by atoms with E-state index in [-0.39, 0.29) is 0 Å². The Morgan fingerprint density at radius 1 is 1.47 bits per heavy atom. The van der Waals surface area contributed by atoms with Crippen molar-refractivity contribution in [1.82, 2.24) is 15.1 Å². The Hall–Kier alpha value is -1.03. The average molecular weight is 265 g/mol. The maximum Gasteiger partial charge on any atom is 0.161 e. The van der Waals surface area contributed by atoms with E-state index in [2.05, 4.69) is 17.3 Å². The van der Waals surface area contributed by atoms with Crippen LogP contribution in [0.3, 0.4) is 0 Å². The second-order valence-electron chi connectivity index (χ2n) is 5.56. The molecule has 0 bridgehead atoms. The molecule has 1 aliphatic carbocycles. The van der Waals surface area contributed by atoms with E-state index in [0.29, 0.717) is 6.04 Å². The van der Waals surface area contributed by atoms with Crippen molar-refractivity contribution >= 4 is 0 Å². The molecule has 4 nitrogen and oxygen atoms in total. The predicted octanol–water partition coefficient (Wildman–Crippen LogP) is 3.05. The fourth-order valence-corrected chi connectivity index (χ4v) is 3.26. The van der Waals surface area contributed by atoms with Crippen molar-refractivity contribution in [3.8, 4) is 5.75 Å². The molecule has 1 aromatic heterocycles. The Morgan fingerprint density at radius 2 is 2.21 bits per heavy atom. The van der Waals surface area contributed by atoms with E-state index in [9.17, 15) is 0 Å².